The van der Waals surface area contributed by atoms with Gasteiger partial charge in [-0.05, 0) is 37.2 Å². The van der Waals surface area contributed by atoms with E-state index >= 15 is 0 Å². The summed E-state index contributed by atoms with van der Waals surface area (Å²) in [6.45, 7) is 7.66. The summed E-state index contributed by atoms with van der Waals surface area (Å²) in [4.78, 5) is 12.3. The number of nitrogens with zero attached hydrogens (tertiary/aromatic N) is 1. The fraction of sp³-hybridized carbons (Fsp3) is 0.650. The first-order valence-electron chi connectivity index (χ1n) is 9.60. The van der Waals surface area contributed by atoms with Crippen LogP contribution in [0.2, 0.25) is 0 Å². The Morgan fingerprint density at radius 1 is 1.12 bits per heavy atom. The maximum atomic E-state index is 12.3. The highest BCUT2D eigenvalue weighted by Gasteiger charge is 2.24. The molecule has 1 amide bonds. The predicted octanol–water partition coefficient (Wildman–Crippen LogP) is 3.06. The Morgan fingerprint density at radius 3 is 2.31 bits per heavy atom. The highest BCUT2D eigenvalue weighted by Crippen LogP contribution is 2.28. The van der Waals surface area contributed by atoms with Gasteiger partial charge in [0.2, 0.25) is 15.9 Å². The van der Waals surface area contributed by atoms with Crippen molar-refractivity contribution in [2.75, 3.05) is 25.4 Å². The summed E-state index contributed by atoms with van der Waals surface area (Å²) in [6, 6.07) is 8.28. The van der Waals surface area contributed by atoms with Crippen molar-refractivity contribution in [2.24, 2.45) is 5.92 Å². The van der Waals surface area contributed by atoms with E-state index in [2.05, 4.69) is 43.4 Å². The summed E-state index contributed by atoms with van der Waals surface area (Å²) in [5.74, 6) is 0.364. The summed E-state index contributed by atoms with van der Waals surface area (Å²) in [5, 5.41) is 2.80. The van der Waals surface area contributed by atoms with Crippen molar-refractivity contribution in [1.82, 2.24) is 9.62 Å². The van der Waals surface area contributed by atoms with Gasteiger partial charge in [-0.25, -0.2) is 12.7 Å². The molecule has 6 heteroatoms. The summed E-state index contributed by atoms with van der Waals surface area (Å²) >= 11 is 0. The molecule has 0 radical (unpaired) electrons. The Labute approximate surface area is 158 Å². The molecule has 1 N–H and O–H groups in total. The maximum absolute atomic E-state index is 12.3. The first-order valence-corrected chi connectivity index (χ1v) is 11.2. The molecule has 0 bridgehead atoms. The quantitative estimate of drug-likeness (QED) is 0.754. The lowest BCUT2D eigenvalue weighted by molar-refractivity contribution is -0.121. The zero-order valence-corrected chi connectivity index (χ0v) is 17.0. The molecule has 1 aromatic rings. The van der Waals surface area contributed by atoms with E-state index < -0.39 is 10.0 Å². The van der Waals surface area contributed by atoms with Crippen molar-refractivity contribution in [1.29, 1.82) is 0 Å². The van der Waals surface area contributed by atoms with Crippen molar-refractivity contribution >= 4 is 15.9 Å². The first kappa shape index (κ1) is 20.9. The van der Waals surface area contributed by atoms with E-state index in [0.717, 1.165) is 24.8 Å². The maximum Gasteiger partial charge on any atom is 0.220 e. The number of hydrogen-bond donors (Lipinski definition) is 1. The Bertz CT molecular complexity index is 678. The average molecular weight is 381 g/mol. The number of nitrogens with one attached hydrogen (secondary N) is 1. The number of amides is 1. The van der Waals surface area contributed by atoms with Gasteiger partial charge in [0.25, 0.3) is 0 Å². The van der Waals surface area contributed by atoms with Crippen LogP contribution >= 0.6 is 0 Å². The summed E-state index contributed by atoms with van der Waals surface area (Å²) in [6.07, 6.45) is 3.33. The van der Waals surface area contributed by atoms with Crippen molar-refractivity contribution in [3.8, 4) is 0 Å². The smallest absolute Gasteiger partial charge is 0.220 e. The van der Waals surface area contributed by atoms with E-state index in [1.807, 2.05) is 6.92 Å². The average Bonchev–Trinajstić information content (AvgIpc) is 2.61. The topological polar surface area (TPSA) is 66.5 Å². The van der Waals surface area contributed by atoms with Gasteiger partial charge >= 0.3 is 0 Å². The zero-order chi connectivity index (χ0) is 19.2. The molecule has 1 heterocycles. The van der Waals surface area contributed by atoms with E-state index in [0.29, 0.717) is 25.4 Å². The lowest BCUT2D eigenvalue weighted by Gasteiger charge is -2.26. The Hall–Kier alpha value is -1.40. The van der Waals surface area contributed by atoms with Crippen LogP contribution in [0.5, 0.6) is 0 Å². The fourth-order valence-corrected chi connectivity index (χ4v) is 4.85. The summed E-state index contributed by atoms with van der Waals surface area (Å²) < 4.78 is 26.2. The highest BCUT2D eigenvalue weighted by atomic mass is 32.2. The minimum atomic E-state index is -3.26. The molecule has 2 rings (SSSR count). The molecule has 146 valence electrons. The van der Waals surface area contributed by atoms with Crippen LogP contribution in [-0.4, -0.2) is 44.0 Å². The summed E-state index contributed by atoms with van der Waals surface area (Å²) in [5.41, 5.74) is 2.35. The van der Waals surface area contributed by atoms with Crippen LogP contribution < -0.4 is 5.32 Å². The van der Waals surface area contributed by atoms with Gasteiger partial charge in [0, 0.05) is 26.1 Å². The van der Waals surface area contributed by atoms with Crippen LogP contribution in [0.1, 0.15) is 56.6 Å². The van der Waals surface area contributed by atoms with E-state index in [1.54, 1.807) is 4.31 Å². The third-order valence-corrected chi connectivity index (χ3v) is 6.98. The summed E-state index contributed by atoms with van der Waals surface area (Å²) in [7, 11) is -3.26. The molecular weight excluding hydrogens is 348 g/mol. The Kier molecular flexibility index (Phi) is 7.65. The van der Waals surface area contributed by atoms with Gasteiger partial charge in [-0.2, -0.15) is 0 Å². The molecule has 0 aliphatic carbocycles. The number of carbonyl (C=O) groups excluding carboxylic acids is 1. The molecule has 5 nitrogen and oxygen atoms in total. The van der Waals surface area contributed by atoms with Crippen LogP contribution in [0, 0.1) is 12.8 Å². The van der Waals surface area contributed by atoms with Gasteiger partial charge in [0.15, 0.2) is 0 Å². The van der Waals surface area contributed by atoms with Gasteiger partial charge in [-0.1, -0.05) is 50.1 Å². The standard InChI is InChI=1S/C20H32N2O3S/c1-16(2)19(18-9-7-17(3)8-10-18)15-20(23)21-11-14-26(24,25)22-12-5-4-6-13-22/h7-10,16,19H,4-6,11-15H2,1-3H3,(H,21,23). The largest absolute Gasteiger partial charge is 0.355 e. The predicted molar refractivity (Wildman–Crippen MR) is 106 cm³/mol. The van der Waals surface area contributed by atoms with E-state index in [-0.39, 0.29) is 24.1 Å². The van der Waals surface area contributed by atoms with Crippen molar-refractivity contribution in [2.45, 2.75) is 52.4 Å². The van der Waals surface area contributed by atoms with Crippen LogP contribution in [0.25, 0.3) is 0 Å². The molecule has 1 aliphatic heterocycles. The SMILES string of the molecule is Cc1ccc(C(CC(=O)NCCS(=O)(=O)N2CCCCC2)C(C)C)cc1. The molecule has 1 aliphatic rings. The monoisotopic (exact) mass is 380 g/mol. The molecule has 1 atom stereocenters. The van der Waals surface area contributed by atoms with Crippen LogP contribution in [0.3, 0.4) is 0 Å². The normalized spacial score (nSPS) is 17.2. The number of carbonyl (C=O) groups is 1. The molecule has 26 heavy (non-hydrogen) atoms. The molecule has 1 unspecified atom stereocenters. The molecule has 1 aromatic carbocycles. The number of benzene rings is 1. The second kappa shape index (κ2) is 9.51. The number of rotatable bonds is 8. The minimum Gasteiger partial charge on any atom is -0.355 e. The lowest BCUT2D eigenvalue weighted by atomic mass is 9.85. The number of hydrogen-bond acceptors (Lipinski definition) is 3. The molecule has 0 spiro atoms. The van der Waals surface area contributed by atoms with Gasteiger partial charge in [0.1, 0.15) is 0 Å². The molecule has 1 fully saturated rings. The highest BCUT2D eigenvalue weighted by molar-refractivity contribution is 7.89. The van der Waals surface area contributed by atoms with Crippen LogP contribution in [0.4, 0.5) is 0 Å². The second-order valence-corrected chi connectivity index (χ2v) is 9.68. The fourth-order valence-electron chi connectivity index (χ4n) is 3.42. The molecule has 0 aromatic heterocycles. The molecular formula is C20H32N2O3S. The van der Waals surface area contributed by atoms with E-state index in [9.17, 15) is 13.2 Å². The zero-order valence-electron chi connectivity index (χ0n) is 16.2. The van der Waals surface area contributed by atoms with Crippen LogP contribution in [-0.2, 0) is 14.8 Å². The lowest BCUT2D eigenvalue weighted by Crippen LogP contribution is -2.40. The second-order valence-electron chi connectivity index (χ2n) is 7.59. The third-order valence-electron chi connectivity index (χ3n) is 5.11. The van der Waals surface area contributed by atoms with Crippen molar-refractivity contribution in [3.63, 3.8) is 0 Å². The van der Waals surface area contributed by atoms with Crippen molar-refractivity contribution in [3.05, 3.63) is 35.4 Å². The van der Waals surface area contributed by atoms with Gasteiger partial charge in [0.05, 0.1) is 5.75 Å². The first-order chi connectivity index (χ1) is 12.3. The number of piperidine rings is 1. The van der Waals surface area contributed by atoms with E-state index in [4.69, 9.17) is 0 Å². The number of sulfonamides is 1. The van der Waals surface area contributed by atoms with E-state index in [1.165, 1.54) is 5.56 Å². The number of aryl methyl sites for hydroxylation is 1. The third kappa shape index (κ3) is 6.09. The Morgan fingerprint density at radius 2 is 1.73 bits per heavy atom. The Balaban J connectivity index is 1.85. The molecule has 0 saturated carbocycles. The van der Waals surface area contributed by atoms with Gasteiger partial charge < -0.3 is 5.32 Å². The molecule has 1 saturated heterocycles. The van der Waals surface area contributed by atoms with Gasteiger partial charge in [-0.15, -0.1) is 0 Å². The van der Waals surface area contributed by atoms with Crippen molar-refractivity contribution < 1.29 is 13.2 Å². The van der Waals surface area contributed by atoms with Gasteiger partial charge in [-0.3, -0.25) is 4.79 Å². The minimum absolute atomic E-state index is 0.0182. The van der Waals surface area contributed by atoms with Crippen LogP contribution in [0.15, 0.2) is 24.3 Å².